The first-order valence-electron chi connectivity index (χ1n) is 8.31. The molecule has 0 spiro atoms. The highest BCUT2D eigenvalue weighted by Gasteiger charge is 2.09. The van der Waals surface area contributed by atoms with Gasteiger partial charge >= 0.3 is 5.97 Å². The summed E-state index contributed by atoms with van der Waals surface area (Å²) < 4.78 is 20.3. The van der Waals surface area contributed by atoms with Crippen LogP contribution in [0.15, 0.2) is 42.5 Å². The van der Waals surface area contributed by atoms with Crippen LogP contribution in [0.2, 0.25) is 0 Å². The second-order valence-electron chi connectivity index (χ2n) is 5.57. The minimum atomic E-state index is -0.516. The predicted octanol–water partition coefficient (Wildman–Crippen LogP) is 3.39. The molecule has 7 nitrogen and oxygen atoms in total. The van der Waals surface area contributed by atoms with E-state index in [1.807, 2.05) is 0 Å². The Morgan fingerprint density at radius 1 is 0.893 bits per heavy atom. The van der Waals surface area contributed by atoms with Crippen molar-refractivity contribution >= 4 is 18.1 Å². The summed E-state index contributed by atoms with van der Waals surface area (Å²) in [5.74, 6) is 0.307. The smallest absolute Gasteiger partial charge is 0.331 e. The number of phenolic OH excluding ortho intramolecular Hbond substituents is 2. The molecule has 0 radical (unpaired) electrons. The molecule has 0 heterocycles. The second kappa shape index (κ2) is 9.91. The largest absolute Gasteiger partial charge is 0.504 e. The van der Waals surface area contributed by atoms with Crippen molar-refractivity contribution in [2.45, 2.75) is 0 Å². The van der Waals surface area contributed by atoms with Crippen LogP contribution in [0.4, 0.5) is 0 Å². The summed E-state index contributed by atoms with van der Waals surface area (Å²) in [4.78, 5) is 11.8. The summed E-state index contributed by atoms with van der Waals surface area (Å²) >= 11 is 0. The fourth-order valence-electron chi connectivity index (χ4n) is 2.33. The average molecular weight is 386 g/mol. The zero-order chi connectivity index (χ0) is 20.5. The molecule has 28 heavy (non-hydrogen) atoms. The number of methoxy groups -OCH3 is 3. The quantitative estimate of drug-likeness (QED) is 0.530. The van der Waals surface area contributed by atoms with Crippen LogP contribution < -0.4 is 14.2 Å². The average Bonchev–Trinajstić information content (AvgIpc) is 2.71. The van der Waals surface area contributed by atoms with Gasteiger partial charge in [0.1, 0.15) is 6.61 Å². The number of esters is 1. The number of ether oxygens (including phenoxy) is 4. The van der Waals surface area contributed by atoms with Crippen LogP contribution in [0.25, 0.3) is 12.2 Å². The number of hydrogen-bond donors (Lipinski definition) is 2. The number of carbonyl (C=O) groups excluding carboxylic acids is 1. The van der Waals surface area contributed by atoms with Crippen LogP contribution in [0, 0.1) is 0 Å². The van der Waals surface area contributed by atoms with Gasteiger partial charge in [0.2, 0.25) is 5.75 Å². The normalized spacial score (nSPS) is 11.0. The Bertz CT molecular complexity index is 859. The van der Waals surface area contributed by atoms with E-state index < -0.39 is 5.97 Å². The lowest BCUT2D eigenvalue weighted by atomic mass is 10.1. The lowest BCUT2D eigenvalue weighted by Crippen LogP contribution is -1.99. The molecular weight excluding hydrogens is 364 g/mol. The molecule has 0 aliphatic heterocycles. The number of benzene rings is 2. The van der Waals surface area contributed by atoms with Crippen molar-refractivity contribution < 1.29 is 34.0 Å². The Morgan fingerprint density at radius 3 is 2.11 bits per heavy atom. The van der Waals surface area contributed by atoms with Crippen molar-refractivity contribution in [1.82, 2.24) is 0 Å². The molecule has 2 aromatic carbocycles. The third kappa shape index (κ3) is 5.44. The molecule has 0 fully saturated rings. The minimum absolute atomic E-state index is 0.0230. The van der Waals surface area contributed by atoms with Crippen LogP contribution in [-0.2, 0) is 9.53 Å². The highest BCUT2D eigenvalue weighted by Crippen LogP contribution is 2.37. The van der Waals surface area contributed by atoms with Crippen molar-refractivity contribution in [2.24, 2.45) is 0 Å². The molecule has 0 bridgehead atoms. The molecule has 2 N–H and O–H groups in total. The van der Waals surface area contributed by atoms with Crippen molar-refractivity contribution in [3.8, 4) is 28.7 Å². The van der Waals surface area contributed by atoms with Crippen molar-refractivity contribution in [2.75, 3.05) is 27.9 Å². The highest BCUT2D eigenvalue weighted by molar-refractivity contribution is 5.87. The molecule has 0 saturated heterocycles. The fraction of sp³-hybridized carbons (Fsp3) is 0.190. The van der Waals surface area contributed by atoms with Gasteiger partial charge in [-0.05, 0) is 47.5 Å². The zero-order valence-electron chi connectivity index (χ0n) is 15.8. The molecule has 0 saturated carbocycles. The molecule has 2 aromatic rings. The van der Waals surface area contributed by atoms with Gasteiger partial charge in [-0.2, -0.15) is 0 Å². The van der Waals surface area contributed by atoms with Crippen LogP contribution in [0.3, 0.4) is 0 Å². The predicted molar refractivity (Wildman–Crippen MR) is 105 cm³/mol. The summed E-state index contributed by atoms with van der Waals surface area (Å²) in [6, 6.07) is 7.99. The maximum absolute atomic E-state index is 11.8. The van der Waals surface area contributed by atoms with E-state index in [2.05, 4.69) is 0 Å². The first-order chi connectivity index (χ1) is 13.5. The third-order valence-electron chi connectivity index (χ3n) is 3.75. The molecular formula is C21H22O7. The van der Waals surface area contributed by atoms with Gasteiger partial charge in [0.05, 0.1) is 21.3 Å². The first kappa shape index (κ1) is 20.7. The van der Waals surface area contributed by atoms with E-state index in [1.165, 1.54) is 33.5 Å². The summed E-state index contributed by atoms with van der Waals surface area (Å²) in [6.45, 7) is 0.0631. The second-order valence-corrected chi connectivity index (χ2v) is 5.57. The number of aromatic hydroxyl groups is 2. The molecule has 0 aliphatic carbocycles. The number of hydrogen-bond acceptors (Lipinski definition) is 7. The van der Waals surface area contributed by atoms with Gasteiger partial charge in [0.15, 0.2) is 23.0 Å². The number of phenols is 2. The maximum Gasteiger partial charge on any atom is 0.331 e. The van der Waals surface area contributed by atoms with Gasteiger partial charge in [-0.3, -0.25) is 0 Å². The Labute approximate surface area is 163 Å². The summed E-state index contributed by atoms with van der Waals surface area (Å²) in [6.07, 6.45) is 6.21. The molecule has 0 aromatic heterocycles. The minimum Gasteiger partial charge on any atom is -0.504 e. The lowest BCUT2D eigenvalue weighted by molar-refractivity contribution is -0.136. The van der Waals surface area contributed by atoms with E-state index in [9.17, 15) is 15.0 Å². The molecule has 0 unspecified atom stereocenters. The van der Waals surface area contributed by atoms with E-state index in [-0.39, 0.29) is 29.6 Å². The Morgan fingerprint density at radius 2 is 1.50 bits per heavy atom. The van der Waals surface area contributed by atoms with E-state index in [0.29, 0.717) is 16.9 Å². The van der Waals surface area contributed by atoms with E-state index in [1.54, 1.807) is 42.5 Å². The Balaban J connectivity index is 1.93. The number of rotatable bonds is 8. The van der Waals surface area contributed by atoms with Gasteiger partial charge in [-0.15, -0.1) is 0 Å². The molecule has 0 amide bonds. The number of carbonyl (C=O) groups is 1. The standard InChI is InChI=1S/C21H22O7/c1-25-17-11-14(6-8-16(17)22)7-9-20(23)28-10-4-5-15-12-18(26-2)21(24)19(13-15)27-3/h4-9,11-13,22,24H,10H2,1-3H3. The topological polar surface area (TPSA) is 94.5 Å². The van der Waals surface area contributed by atoms with Crippen LogP contribution in [-0.4, -0.2) is 44.1 Å². The summed E-state index contributed by atoms with van der Waals surface area (Å²) in [5.41, 5.74) is 1.40. The molecule has 7 heteroatoms. The van der Waals surface area contributed by atoms with Gasteiger partial charge < -0.3 is 29.2 Å². The molecule has 2 rings (SSSR count). The van der Waals surface area contributed by atoms with Crippen molar-refractivity contribution in [3.05, 3.63) is 53.6 Å². The fourth-order valence-corrected chi connectivity index (χ4v) is 2.33. The molecule has 0 atom stereocenters. The van der Waals surface area contributed by atoms with Gasteiger partial charge in [-0.1, -0.05) is 12.1 Å². The Hall–Kier alpha value is -3.61. The van der Waals surface area contributed by atoms with Gasteiger partial charge in [0.25, 0.3) is 0 Å². The lowest BCUT2D eigenvalue weighted by Gasteiger charge is -2.09. The molecule has 148 valence electrons. The Kier molecular flexibility index (Phi) is 7.33. The highest BCUT2D eigenvalue weighted by atomic mass is 16.5. The monoisotopic (exact) mass is 386 g/mol. The maximum atomic E-state index is 11.8. The summed E-state index contributed by atoms with van der Waals surface area (Å²) in [5, 5.41) is 19.4. The van der Waals surface area contributed by atoms with Gasteiger partial charge in [-0.25, -0.2) is 4.79 Å². The van der Waals surface area contributed by atoms with Gasteiger partial charge in [0, 0.05) is 6.08 Å². The van der Waals surface area contributed by atoms with Crippen LogP contribution >= 0.6 is 0 Å². The van der Waals surface area contributed by atoms with Crippen LogP contribution in [0.1, 0.15) is 11.1 Å². The van der Waals surface area contributed by atoms with Crippen molar-refractivity contribution in [3.63, 3.8) is 0 Å². The third-order valence-corrected chi connectivity index (χ3v) is 3.75. The summed E-state index contributed by atoms with van der Waals surface area (Å²) in [7, 11) is 4.34. The molecule has 0 aliphatic rings. The zero-order valence-corrected chi connectivity index (χ0v) is 15.8. The van der Waals surface area contributed by atoms with E-state index in [4.69, 9.17) is 18.9 Å². The van der Waals surface area contributed by atoms with Crippen molar-refractivity contribution in [1.29, 1.82) is 0 Å². The van der Waals surface area contributed by atoms with E-state index in [0.717, 1.165) is 0 Å². The first-order valence-corrected chi connectivity index (χ1v) is 8.31. The van der Waals surface area contributed by atoms with Crippen LogP contribution in [0.5, 0.6) is 28.7 Å². The SMILES string of the molecule is COc1cc(C=CC(=O)OCC=Cc2cc(OC)c(O)c(OC)c2)ccc1O. The van der Waals surface area contributed by atoms with E-state index >= 15 is 0 Å².